The van der Waals surface area contributed by atoms with E-state index >= 15 is 0 Å². The zero-order valence-corrected chi connectivity index (χ0v) is 16.1. The number of likely N-dealkylation sites (tertiary alicyclic amines) is 1. The van der Waals surface area contributed by atoms with Gasteiger partial charge < -0.3 is 20.3 Å². The lowest BCUT2D eigenvalue weighted by Crippen LogP contribution is -2.40. The summed E-state index contributed by atoms with van der Waals surface area (Å²) >= 11 is 0. The summed E-state index contributed by atoms with van der Waals surface area (Å²) in [5.41, 5.74) is 0.783. The molecule has 3 rings (SSSR count). The third kappa shape index (κ3) is 5.53. The molecule has 1 aromatic carbocycles. The van der Waals surface area contributed by atoms with Gasteiger partial charge in [0.1, 0.15) is 0 Å². The predicted molar refractivity (Wildman–Crippen MR) is 105 cm³/mol. The van der Waals surface area contributed by atoms with Crippen LogP contribution in [0.25, 0.3) is 0 Å². The number of amides is 3. The van der Waals surface area contributed by atoms with E-state index in [1.807, 2.05) is 0 Å². The first-order valence-corrected chi connectivity index (χ1v) is 9.93. The van der Waals surface area contributed by atoms with E-state index in [4.69, 9.17) is 4.74 Å². The number of benzene rings is 1. The van der Waals surface area contributed by atoms with E-state index in [0.29, 0.717) is 17.8 Å². The highest BCUT2D eigenvalue weighted by atomic mass is 16.5. The maximum Gasteiger partial charge on any atom is 0.313 e. The molecule has 28 heavy (non-hydrogen) atoms. The second-order valence-electron chi connectivity index (χ2n) is 7.06. The van der Waals surface area contributed by atoms with Gasteiger partial charge in [-0.25, -0.2) is 0 Å². The van der Waals surface area contributed by atoms with Crippen LogP contribution in [0.5, 0.6) is 0 Å². The first-order chi connectivity index (χ1) is 13.6. The minimum absolute atomic E-state index is 0.112. The molecule has 8 heteroatoms. The van der Waals surface area contributed by atoms with Gasteiger partial charge in [0.25, 0.3) is 5.91 Å². The van der Waals surface area contributed by atoms with Crippen LogP contribution in [-0.4, -0.2) is 80.0 Å². The van der Waals surface area contributed by atoms with Crippen LogP contribution >= 0.6 is 0 Å². The summed E-state index contributed by atoms with van der Waals surface area (Å²) in [5.74, 6) is -1.56. The van der Waals surface area contributed by atoms with Gasteiger partial charge in [-0.15, -0.1) is 0 Å². The number of carbonyl (C=O) groups is 3. The Hall–Kier alpha value is -2.45. The Morgan fingerprint density at radius 1 is 0.964 bits per heavy atom. The van der Waals surface area contributed by atoms with Crippen molar-refractivity contribution in [3.8, 4) is 0 Å². The third-order valence-electron chi connectivity index (χ3n) is 5.05. The van der Waals surface area contributed by atoms with Crippen LogP contribution in [0.15, 0.2) is 24.3 Å². The van der Waals surface area contributed by atoms with Crippen molar-refractivity contribution in [2.24, 2.45) is 0 Å². The molecule has 0 bridgehead atoms. The number of carbonyl (C=O) groups excluding carboxylic acids is 3. The molecule has 0 aliphatic carbocycles. The fourth-order valence-corrected chi connectivity index (χ4v) is 3.46. The number of para-hydroxylation sites is 1. The molecular formula is C20H28N4O4. The Bertz CT molecular complexity index is 697. The standard InChI is InChI=1S/C20H28N4O4/c25-18(21-8-5-9-23-12-14-28-15-13-23)19(26)22-17-7-2-1-6-16(17)20(27)24-10-3-4-11-24/h1-2,6-7H,3-5,8-15H2,(H,21,25)(H,22,26). The Kier molecular flexibility index (Phi) is 7.39. The largest absolute Gasteiger partial charge is 0.379 e. The Balaban J connectivity index is 1.47. The van der Waals surface area contributed by atoms with Gasteiger partial charge in [0.2, 0.25) is 0 Å². The van der Waals surface area contributed by atoms with Crippen molar-refractivity contribution < 1.29 is 19.1 Å². The zero-order valence-electron chi connectivity index (χ0n) is 16.1. The average Bonchev–Trinajstić information content (AvgIpc) is 3.26. The van der Waals surface area contributed by atoms with Crippen LogP contribution in [-0.2, 0) is 14.3 Å². The summed E-state index contributed by atoms with van der Waals surface area (Å²) in [6, 6.07) is 6.81. The van der Waals surface area contributed by atoms with Gasteiger partial charge in [-0.1, -0.05) is 12.1 Å². The monoisotopic (exact) mass is 388 g/mol. The SMILES string of the molecule is O=C(NCCCN1CCOCC1)C(=O)Nc1ccccc1C(=O)N1CCCC1. The molecule has 8 nitrogen and oxygen atoms in total. The Labute approximate surface area is 165 Å². The molecule has 2 N–H and O–H groups in total. The van der Waals surface area contributed by atoms with Crippen molar-refractivity contribution in [1.29, 1.82) is 0 Å². The van der Waals surface area contributed by atoms with E-state index in [2.05, 4.69) is 15.5 Å². The van der Waals surface area contributed by atoms with Crippen molar-refractivity contribution in [3.05, 3.63) is 29.8 Å². The second-order valence-corrected chi connectivity index (χ2v) is 7.06. The fraction of sp³-hybridized carbons (Fsp3) is 0.550. The number of anilines is 1. The number of nitrogens with one attached hydrogen (secondary N) is 2. The highest BCUT2D eigenvalue weighted by Gasteiger charge is 2.23. The maximum atomic E-state index is 12.6. The molecule has 0 saturated carbocycles. The van der Waals surface area contributed by atoms with E-state index < -0.39 is 11.8 Å². The number of rotatable bonds is 6. The zero-order chi connectivity index (χ0) is 19.8. The van der Waals surface area contributed by atoms with E-state index in [9.17, 15) is 14.4 Å². The van der Waals surface area contributed by atoms with Crippen molar-refractivity contribution in [3.63, 3.8) is 0 Å². The van der Waals surface area contributed by atoms with Gasteiger partial charge in [-0.2, -0.15) is 0 Å². The molecule has 0 aromatic heterocycles. The van der Waals surface area contributed by atoms with Gasteiger partial charge in [-0.05, 0) is 37.9 Å². The van der Waals surface area contributed by atoms with E-state index in [1.165, 1.54) is 0 Å². The number of hydrogen-bond donors (Lipinski definition) is 2. The van der Waals surface area contributed by atoms with Crippen LogP contribution < -0.4 is 10.6 Å². The average molecular weight is 388 g/mol. The number of morpholine rings is 1. The molecular weight excluding hydrogens is 360 g/mol. The normalized spacial score (nSPS) is 17.4. The van der Waals surface area contributed by atoms with Gasteiger partial charge in [-0.3, -0.25) is 19.3 Å². The smallest absolute Gasteiger partial charge is 0.313 e. The minimum Gasteiger partial charge on any atom is -0.379 e. The molecule has 2 aliphatic heterocycles. The minimum atomic E-state index is -0.756. The number of nitrogens with zero attached hydrogens (tertiary/aromatic N) is 2. The fourth-order valence-electron chi connectivity index (χ4n) is 3.46. The maximum absolute atomic E-state index is 12.6. The first-order valence-electron chi connectivity index (χ1n) is 9.93. The van der Waals surface area contributed by atoms with E-state index in [0.717, 1.165) is 65.2 Å². The van der Waals surface area contributed by atoms with Crippen LogP contribution in [0.2, 0.25) is 0 Å². The van der Waals surface area contributed by atoms with Crippen molar-refractivity contribution in [2.75, 3.05) is 57.8 Å². The van der Waals surface area contributed by atoms with Crippen LogP contribution in [0.1, 0.15) is 29.6 Å². The summed E-state index contributed by atoms with van der Waals surface area (Å²) in [4.78, 5) is 41.0. The highest BCUT2D eigenvalue weighted by Crippen LogP contribution is 2.20. The summed E-state index contributed by atoms with van der Waals surface area (Å²) in [7, 11) is 0. The van der Waals surface area contributed by atoms with Crippen molar-refractivity contribution in [2.45, 2.75) is 19.3 Å². The second kappa shape index (κ2) is 10.2. The molecule has 1 aromatic rings. The topological polar surface area (TPSA) is 91.0 Å². The summed E-state index contributed by atoms with van der Waals surface area (Å²) < 4.78 is 5.30. The summed E-state index contributed by atoms with van der Waals surface area (Å²) in [6.07, 6.45) is 2.75. The van der Waals surface area contributed by atoms with Gasteiger partial charge in [0.05, 0.1) is 24.5 Å². The lowest BCUT2D eigenvalue weighted by molar-refractivity contribution is -0.136. The molecule has 2 saturated heterocycles. The molecule has 0 atom stereocenters. The predicted octanol–water partition coefficient (Wildman–Crippen LogP) is 0.700. The molecule has 0 radical (unpaired) electrons. The quantitative estimate of drug-likeness (QED) is 0.553. The molecule has 152 valence electrons. The first kappa shape index (κ1) is 20.3. The molecule has 2 heterocycles. The summed E-state index contributed by atoms with van der Waals surface area (Å²) in [5, 5.41) is 5.22. The van der Waals surface area contributed by atoms with Gasteiger partial charge in [0, 0.05) is 32.7 Å². The van der Waals surface area contributed by atoms with Crippen LogP contribution in [0, 0.1) is 0 Å². The molecule has 0 spiro atoms. The van der Waals surface area contributed by atoms with Gasteiger partial charge in [0.15, 0.2) is 0 Å². The Morgan fingerprint density at radius 2 is 1.68 bits per heavy atom. The third-order valence-corrected chi connectivity index (χ3v) is 5.05. The molecule has 2 aliphatic rings. The van der Waals surface area contributed by atoms with Gasteiger partial charge >= 0.3 is 11.8 Å². The summed E-state index contributed by atoms with van der Waals surface area (Å²) in [6.45, 7) is 6.02. The lowest BCUT2D eigenvalue weighted by atomic mass is 10.1. The van der Waals surface area contributed by atoms with Crippen LogP contribution in [0.3, 0.4) is 0 Å². The van der Waals surface area contributed by atoms with Crippen LogP contribution in [0.4, 0.5) is 5.69 Å². The number of ether oxygens (including phenoxy) is 1. The Morgan fingerprint density at radius 3 is 2.43 bits per heavy atom. The highest BCUT2D eigenvalue weighted by molar-refractivity contribution is 6.40. The number of hydrogen-bond acceptors (Lipinski definition) is 5. The van der Waals surface area contributed by atoms with Crippen molar-refractivity contribution in [1.82, 2.24) is 15.1 Å². The van der Waals surface area contributed by atoms with Crippen molar-refractivity contribution >= 4 is 23.4 Å². The molecule has 2 fully saturated rings. The van der Waals surface area contributed by atoms with E-state index in [-0.39, 0.29) is 5.91 Å². The lowest BCUT2D eigenvalue weighted by Gasteiger charge is -2.26. The molecule has 3 amide bonds. The van der Waals surface area contributed by atoms with E-state index in [1.54, 1.807) is 29.2 Å². The molecule has 0 unspecified atom stereocenters.